The van der Waals surface area contributed by atoms with Crippen LogP contribution in [0.5, 0.6) is 0 Å². The summed E-state index contributed by atoms with van der Waals surface area (Å²) in [6.45, 7) is 0.369. The molecule has 1 amide bonds. The zero-order valence-electron chi connectivity index (χ0n) is 9.42. The van der Waals surface area contributed by atoms with Crippen molar-refractivity contribution in [3.05, 3.63) is 42.0 Å². The SMILES string of the molecule is Cn1ccc(CNC(=O)c2cnccc2N)n1. The highest BCUT2D eigenvalue weighted by Gasteiger charge is 2.09. The molecule has 0 saturated heterocycles. The molecule has 0 bridgehead atoms. The van der Waals surface area contributed by atoms with Crippen LogP contribution in [0.3, 0.4) is 0 Å². The van der Waals surface area contributed by atoms with Crippen LogP contribution in [0.25, 0.3) is 0 Å². The monoisotopic (exact) mass is 231 g/mol. The van der Waals surface area contributed by atoms with Crippen molar-refractivity contribution in [1.82, 2.24) is 20.1 Å². The lowest BCUT2D eigenvalue weighted by molar-refractivity contribution is 0.0951. The van der Waals surface area contributed by atoms with Crippen molar-refractivity contribution in [2.45, 2.75) is 6.54 Å². The first-order valence-corrected chi connectivity index (χ1v) is 5.13. The molecule has 0 saturated carbocycles. The van der Waals surface area contributed by atoms with Crippen molar-refractivity contribution in [2.75, 3.05) is 5.73 Å². The first kappa shape index (κ1) is 11.1. The quantitative estimate of drug-likeness (QED) is 0.797. The Hall–Kier alpha value is -2.37. The molecule has 0 aliphatic carbocycles. The van der Waals surface area contributed by atoms with Gasteiger partial charge in [-0.1, -0.05) is 0 Å². The molecule has 0 radical (unpaired) electrons. The minimum absolute atomic E-state index is 0.249. The summed E-state index contributed by atoms with van der Waals surface area (Å²) in [5.41, 5.74) is 7.26. The van der Waals surface area contributed by atoms with Gasteiger partial charge in [0.25, 0.3) is 5.91 Å². The van der Waals surface area contributed by atoms with Crippen LogP contribution in [-0.2, 0) is 13.6 Å². The molecule has 0 aliphatic heterocycles. The number of aryl methyl sites for hydroxylation is 1. The van der Waals surface area contributed by atoms with Crippen molar-refractivity contribution in [3.8, 4) is 0 Å². The molecule has 2 aromatic heterocycles. The molecule has 17 heavy (non-hydrogen) atoms. The molecule has 2 heterocycles. The molecule has 0 aliphatic rings. The highest BCUT2D eigenvalue weighted by Crippen LogP contribution is 2.08. The predicted octanol–water partition coefficient (Wildman–Crippen LogP) is 0.327. The second-order valence-corrected chi connectivity index (χ2v) is 3.63. The van der Waals surface area contributed by atoms with Gasteiger partial charge in [0.05, 0.1) is 17.8 Å². The van der Waals surface area contributed by atoms with Crippen LogP contribution in [0, 0.1) is 0 Å². The number of amides is 1. The Labute approximate surface area is 98.5 Å². The van der Waals surface area contributed by atoms with Gasteiger partial charge < -0.3 is 11.1 Å². The maximum Gasteiger partial charge on any atom is 0.255 e. The van der Waals surface area contributed by atoms with Crippen LogP contribution < -0.4 is 11.1 Å². The third-order valence-electron chi connectivity index (χ3n) is 2.30. The van der Waals surface area contributed by atoms with E-state index in [0.29, 0.717) is 17.8 Å². The van der Waals surface area contributed by atoms with Crippen molar-refractivity contribution < 1.29 is 4.79 Å². The van der Waals surface area contributed by atoms with Crippen molar-refractivity contribution in [2.24, 2.45) is 7.05 Å². The predicted molar refractivity (Wildman–Crippen MR) is 63.0 cm³/mol. The first-order chi connectivity index (χ1) is 8.16. The molecule has 6 nitrogen and oxygen atoms in total. The first-order valence-electron chi connectivity index (χ1n) is 5.13. The number of nitrogens with zero attached hydrogens (tertiary/aromatic N) is 3. The summed E-state index contributed by atoms with van der Waals surface area (Å²) in [4.78, 5) is 15.6. The maximum absolute atomic E-state index is 11.8. The largest absolute Gasteiger partial charge is 0.398 e. The number of nitrogens with one attached hydrogen (secondary N) is 1. The number of nitrogen functional groups attached to an aromatic ring is 1. The average molecular weight is 231 g/mol. The Morgan fingerprint density at radius 2 is 2.35 bits per heavy atom. The molecule has 3 N–H and O–H groups in total. The van der Waals surface area contributed by atoms with Crippen LogP contribution in [0.2, 0.25) is 0 Å². The number of rotatable bonds is 3. The Kier molecular flexibility index (Phi) is 3.04. The number of hydrogen-bond donors (Lipinski definition) is 2. The molecule has 0 atom stereocenters. The van der Waals surface area contributed by atoms with E-state index in [0.717, 1.165) is 5.69 Å². The summed E-state index contributed by atoms with van der Waals surface area (Å²) in [5.74, 6) is -0.249. The van der Waals surface area contributed by atoms with Crippen molar-refractivity contribution in [3.63, 3.8) is 0 Å². The van der Waals surface area contributed by atoms with Gasteiger partial charge in [0, 0.05) is 31.3 Å². The Balaban J connectivity index is 2.01. The fraction of sp³-hybridized carbons (Fsp3) is 0.182. The smallest absolute Gasteiger partial charge is 0.255 e. The van der Waals surface area contributed by atoms with Crippen LogP contribution in [0.15, 0.2) is 30.7 Å². The fourth-order valence-electron chi connectivity index (χ4n) is 1.42. The second kappa shape index (κ2) is 4.65. The van der Waals surface area contributed by atoms with Crippen LogP contribution in [0.4, 0.5) is 5.69 Å². The van der Waals surface area contributed by atoms with Gasteiger partial charge in [0.15, 0.2) is 0 Å². The van der Waals surface area contributed by atoms with Gasteiger partial charge in [0.2, 0.25) is 0 Å². The van der Waals surface area contributed by atoms with Gasteiger partial charge in [-0.25, -0.2) is 0 Å². The average Bonchev–Trinajstić information content (AvgIpc) is 2.73. The minimum atomic E-state index is -0.249. The van der Waals surface area contributed by atoms with E-state index in [1.807, 2.05) is 19.3 Å². The van der Waals surface area contributed by atoms with Crippen LogP contribution in [0.1, 0.15) is 16.1 Å². The Morgan fingerprint density at radius 3 is 3.00 bits per heavy atom. The molecule has 0 unspecified atom stereocenters. The summed E-state index contributed by atoms with van der Waals surface area (Å²) in [7, 11) is 1.82. The van der Waals surface area contributed by atoms with Gasteiger partial charge in [0.1, 0.15) is 0 Å². The lowest BCUT2D eigenvalue weighted by atomic mass is 10.2. The van der Waals surface area contributed by atoms with Gasteiger partial charge in [-0.3, -0.25) is 14.5 Å². The van der Waals surface area contributed by atoms with Crippen molar-refractivity contribution >= 4 is 11.6 Å². The highest BCUT2D eigenvalue weighted by atomic mass is 16.1. The standard InChI is InChI=1S/C11H13N5O/c1-16-5-3-8(15-16)6-14-11(17)9-7-13-4-2-10(9)12/h2-5,7H,6H2,1H3,(H2,12,13)(H,14,17). The second-order valence-electron chi connectivity index (χ2n) is 3.63. The maximum atomic E-state index is 11.8. The van der Waals surface area contributed by atoms with Crippen molar-refractivity contribution in [1.29, 1.82) is 0 Å². The molecule has 2 rings (SSSR count). The summed E-state index contributed by atoms with van der Waals surface area (Å²) in [6.07, 6.45) is 4.81. The third kappa shape index (κ3) is 2.60. The molecule has 0 aromatic carbocycles. The third-order valence-corrected chi connectivity index (χ3v) is 2.30. The van der Waals surface area contributed by atoms with E-state index in [1.54, 1.807) is 16.9 Å². The lowest BCUT2D eigenvalue weighted by Gasteiger charge is -2.05. The van der Waals surface area contributed by atoms with E-state index in [4.69, 9.17) is 5.73 Å². The number of aromatic nitrogens is 3. The summed E-state index contributed by atoms with van der Waals surface area (Å²) >= 11 is 0. The molecular formula is C11H13N5O. The van der Waals surface area contributed by atoms with Gasteiger partial charge >= 0.3 is 0 Å². The molecule has 2 aromatic rings. The van der Waals surface area contributed by atoms with Crippen LogP contribution in [-0.4, -0.2) is 20.7 Å². The number of pyridine rings is 1. The molecule has 88 valence electrons. The van der Waals surface area contributed by atoms with E-state index in [9.17, 15) is 4.79 Å². The Morgan fingerprint density at radius 1 is 1.53 bits per heavy atom. The number of nitrogens with two attached hydrogens (primary N) is 1. The zero-order chi connectivity index (χ0) is 12.3. The molecule has 0 spiro atoms. The summed E-state index contributed by atoms with van der Waals surface area (Å²) in [5, 5.41) is 6.89. The number of carbonyl (C=O) groups excluding carboxylic acids is 1. The number of carbonyl (C=O) groups is 1. The number of hydrogen-bond acceptors (Lipinski definition) is 4. The molecule has 6 heteroatoms. The topological polar surface area (TPSA) is 85.8 Å². The minimum Gasteiger partial charge on any atom is -0.398 e. The summed E-state index contributed by atoms with van der Waals surface area (Å²) in [6, 6.07) is 3.43. The summed E-state index contributed by atoms with van der Waals surface area (Å²) < 4.78 is 1.68. The van der Waals surface area contributed by atoms with Gasteiger partial charge in [-0.2, -0.15) is 5.10 Å². The number of anilines is 1. The van der Waals surface area contributed by atoms with E-state index >= 15 is 0 Å². The van der Waals surface area contributed by atoms with E-state index in [2.05, 4.69) is 15.4 Å². The Bertz CT molecular complexity index is 534. The fourth-order valence-corrected chi connectivity index (χ4v) is 1.42. The van der Waals surface area contributed by atoms with E-state index in [-0.39, 0.29) is 5.91 Å². The van der Waals surface area contributed by atoms with E-state index in [1.165, 1.54) is 6.20 Å². The van der Waals surface area contributed by atoms with E-state index < -0.39 is 0 Å². The molecule has 0 fully saturated rings. The van der Waals surface area contributed by atoms with Gasteiger partial charge in [-0.05, 0) is 12.1 Å². The van der Waals surface area contributed by atoms with Crippen LogP contribution >= 0.6 is 0 Å². The zero-order valence-corrected chi connectivity index (χ0v) is 9.42. The van der Waals surface area contributed by atoms with Gasteiger partial charge in [-0.15, -0.1) is 0 Å². The molecular weight excluding hydrogens is 218 g/mol. The lowest BCUT2D eigenvalue weighted by Crippen LogP contribution is -2.24. The normalized spacial score (nSPS) is 10.2. The highest BCUT2D eigenvalue weighted by molar-refractivity contribution is 5.98.